The zero-order chi connectivity index (χ0) is 15.8. The number of hydrogen-bond donors (Lipinski definition) is 3. The molecule has 1 rings (SSSR count). The van der Waals surface area contributed by atoms with Crippen LogP contribution in [0.15, 0.2) is 36.9 Å². The van der Waals surface area contributed by atoms with Crippen LogP contribution < -0.4 is 10.6 Å². The summed E-state index contributed by atoms with van der Waals surface area (Å²) in [6.45, 7) is 8.06. The summed E-state index contributed by atoms with van der Waals surface area (Å²) in [5.74, 6) is -0.614. The van der Waals surface area contributed by atoms with Crippen LogP contribution in [-0.2, 0) is 11.3 Å². The first kappa shape index (κ1) is 16.8. The second kappa shape index (κ2) is 8.09. The predicted octanol–water partition coefficient (Wildman–Crippen LogP) is 2.64. The molecule has 0 radical (unpaired) electrons. The zero-order valence-electron chi connectivity index (χ0n) is 12.4. The fourth-order valence-corrected chi connectivity index (χ4v) is 1.80. The third-order valence-corrected chi connectivity index (χ3v) is 3.11. The Hall–Kier alpha value is -2.30. The maximum atomic E-state index is 11.7. The third kappa shape index (κ3) is 5.69. The molecular formula is C16H22N2O3. The number of nitrogens with one attached hydrogen (secondary N) is 2. The molecule has 0 bridgehead atoms. The average Bonchev–Trinajstić information content (AvgIpc) is 2.45. The standard InChI is InChI=1S/C16H22N2O3/c1-4-5-14(15(19)20)18-16(21)17-10-12-6-8-13(9-7-12)11(2)3/h4,6-9,11,14H,1,5,10H2,2-3H3,(H,19,20)(H2,17,18,21). The average molecular weight is 290 g/mol. The molecule has 5 nitrogen and oxygen atoms in total. The highest BCUT2D eigenvalue weighted by molar-refractivity contribution is 5.82. The molecule has 1 aromatic carbocycles. The number of aliphatic carboxylic acids is 1. The van der Waals surface area contributed by atoms with Gasteiger partial charge in [-0.25, -0.2) is 9.59 Å². The SMILES string of the molecule is C=CCC(NC(=O)NCc1ccc(C(C)C)cc1)C(=O)O. The van der Waals surface area contributed by atoms with Crippen LogP contribution >= 0.6 is 0 Å². The van der Waals surface area contributed by atoms with Crippen LogP contribution in [0.4, 0.5) is 4.79 Å². The molecule has 0 saturated carbocycles. The van der Waals surface area contributed by atoms with E-state index >= 15 is 0 Å². The van der Waals surface area contributed by atoms with E-state index in [4.69, 9.17) is 5.11 Å². The molecule has 1 unspecified atom stereocenters. The molecule has 0 aromatic heterocycles. The van der Waals surface area contributed by atoms with Gasteiger partial charge in [0, 0.05) is 6.54 Å². The first-order chi connectivity index (χ1) is 9.93. The van der Waals surface area contributed by atoms with Crippen LogP contribution in [-0.4, -0.2) is 23.1 Å². The fraction of sp³-hybridized carbons (Fsp3) is 0.375. The fourth-order valence-electron chi connectivity index (χ4n) is 1.80. The van der Waals surface area contributed by atoms with Gasteiger partial charge in [0.2, 0.25) is 0 Å². The molecule has 0 aliphatic rings. The lowest BCUT2D eigenvalue weighted by molar-refractivity contribution is -0.139. The van der Waals surface area contributed by atoms with Crippen molar-refractivity contribution in [3.05, 3.63) is 48.0 Å². The minimum Gasteiger partial charge on any atom is -0.480 e. The maximum absolute atomic E-state index is 11.7. The van der Waals surface area contributed by atoms with E-state index in [-0.39, 0.29) is 6.42 Å². The van der Waals surface area contributed by atoms with Gasteiger partial charge in [-0.1, -0.05) is 44.2 Å². The van der Waals surface area contributed by atoms with Crippen LogP contribution in [0.25, 0.3) is 0 Å². The number of carbonyl (C=O) groups is 2. The van der Waals surface area contributed by atoms with Gasteiger partial charge in [0.1, 0.15) is 6.04 Å². The number of carboxylic acids is 1. The van der Waals surface area contributed by atoms with E-state index in [1.807, 2.05) is 24.3 Å². The Morgan fingerprint density at radius 2 is 1.90 bits per heavy atom. The second-order valence-electron chi connectivity index (χ2n) is 5.14. The van der Waals surface area contributed by atoms with E-state index in [0.717, 1.165) is 5.56 Å². The van der Waals surface area contributed by atoms with Crippen LogP contribution in [0.1, 0.15) is 37.3 Å². The first-order valence-electron chi connectivity index (χ1n) is 6.91. The van der Waals surface area contributed by atoms with Gasteiger partial charge in [-0.3, -0.25) is 0 Å². The topological polar surface area (TPSA) is 78.4 Å². The Morgan fingerprint density at radius 1 is 1.29 bits per heavy atom. The van der Waals surface area contributed by atoms with E-state index in [1.165, 1.54) is 11.6 Å². The molecule has 0 fully saturated rings. The molecule has 1 atom stereocenters. The normalized spacial score (nSPS) is 11.8. The van der Waals surface area contributed by atoms with Crippen LogP contribution in [0.2, 0.25) is 0 Å². The number of carboxylic acid groups (broad SMARTS) is 1. The number of rotatable bonds is 7. The van der Waals surface area contributed by atoms with Crippen molar-refractivity contribution in [1.29, 1.82) is 0 Å². The van der Waals surface area contributed by atoms with Crippen molar-refractivity contribution in [2.24, 2.45) is 0 Å². The van der Waals surface area contributed by atoms with E-state index < -0.39 is 18.0 Å². The van der Waals surface area contributed by atoms with Gasteiger partial charge >= 0.3 is 12.0 Å². The van der Waals surface area contributed by atoms with E-state index in [1.54, 1.807) is 0 Å². The molecule has 3 N–H and O–H groups in total. The molecule has 0 saturated heterocycles. The van der Waals surface area contributed by atoms with Gasteiger partial charge in [-0.15, -0.1) is 6.58 Å². The summed E-state index contributed by atoms with van der Waals surface area (Å²) in [6, 6.07) is 6.50. The molecular weight excluding hydrogens is 268 g/mol. The van der Waals surface area contributed by atoms with Crippen molar-refractivity contribution in [3.63, 3.8) is 0 Å². The van der Waals surface area contributed by atoms with Gasteiger partial charge in [-0.2, -0.15) is 0 Å². The molecule has 0 heterocycles. The summed E-state index contributed by atoms with van der Waals surface area (Å²) < 4.78 is 0. The van der Waals surface area contributed by atoms with Crippen molar-refractivity contribution in [2.45, 2.75) is 38.8 Å². The van der Waals surface area contributed by atoms with Crippen LogP contribution in [0.5, 0.6) is 0 Å². The maximum Gasteiger partial charge on any atom is 0.326 e. The summed E-state index contributed by atoms with van der Waals surface area (Å²) in [7, 11) is 0. The largest absolute Gasteiger partial charge is 0.480 e. The Bertz CT molecular complexity index is 495. The summed E-state index contributed by atoms with van der Waals surface area (Å²) in [5, 5.41) is 14.0. The minimum absolute atomic E-state index is 0.186. The van der Waals surface area contributed by atoms with Crippen molar-refractivity contribution >= 4 is 12.0 Å². The van der Waals surface area contributed by atoms with Crippen molar-refractivity contribution in [3.8, 4) is 0 Å². The number of carbonyl (C=O) groups excluding carboxylic acids is 1. The molecule has 0 aliphatic heterocycles. The smallest absolute Gasteiger partial charge is 0.326 e. The quantitative estimate of drug-likeness (QED) is 0.675. The zero-order valence-corrected chi connectivity index (χ0v) is 12.4. The Morgan fingerprint density at radius 3 is 2.38 bits per heavy atom. The molecule has 0 aliphatic carbocycles. The highest BCUT2D eigenvalue weighted by Gasteiger charge is 2.17. The number of benzene rings is 1. The lowest BCUT2D eigenvalue weighted by Gasteiger charge is -2.13. The van der Waals surface area contributed by atoms with E-state index in [0.29, 0.717) is 12.5 Å². The molecule has 0 spiro atoms. The van der Waals surface area contributed by atoms with E-state index in [2.05, 4.69) is 31.1 Å². The van der Waals surface area contributed by atoms with E-state index in [9.17, 15) is 9.59 Å². The summed E-state index contributed by atoms with van der Waals surface area (Å²) >= 11 is 0. The minimum atomic E-state index is -1.08. The summed E-state index contributed by atoms with van der Waals surface area (Å²) in [6.07, 6.45) is 1.65. The third-order valence-electron chi connectivity index (χ3n) is 3.11. The summed E-state index contributed by atoms with van der Waals surface area (Å²) in [4.78, 5) is 22.6. The van der Waals surface area contributed by atoms with Gasteiger partial charge < -0.3 is 15.7 Å². The molecule has 1 aromatic rings. The monoisotopic (exact) mass is 290 g/mol. The van der Waals surface area contributed by atoms with Gasteiger partial charge in [0.15, 0.2) is 0 Å². The predicted molar refractivity (Wildman–Crippen MR) is 82.1 cm³/mol. The van der Waals surface area contributed by atoms with Gasteiger partial charge in [-0.05, 0) is 23.5 Å². The van der Waals surface area contributed by atoms with Crippen LogP contribution in [0.3, 0.4) is 0 Å². The second-order valence-corrected chi connectivity index (χ2v) is 5.14. The lowest BCUT2D eigenvalue weighted by atomic mass is 10.0. The Kier molecular flexibility index (Phi) is 6.46. The lowest BCUT2D eigenvalue weighted by Crippen LogP contribution is -2.45. The molecule has 114 valence electrons. The highest BCUT2D eigenvalue weighted by Crippen LogP contribution is 2.14. The molecule has 5 heteroatoms. The highest BCUT2D eigenvalue weighted by atomic mass is 16.4. The molecule has 21 heavy (non-hydrogen) atoms. The number of urea groups is 1. The number of hydrogen-bond acceptors (Lipinski definition) is 2. The molecule has 2 amide bonds. The van der Waals surface area contributed by atoms with Crippen molar-refractivity contribution in [2.75, 3.05) is 0 Å². The Balaban J connectivity index is 2.48. The first-order valence-corrected chi connectivity index (χ1v) is 6.91. The summed E-state index contributed by atoms with van der Waals surface area (Å²) in [5.41, 5.74) is 2.20. The van der Waals surface area contributed by atoms with Gasteiger partial charge in [0.25, 0.3) is 0 Å². The van der Waals surface area contributed by atoms with Gasteiger partial charge in [0.05, 0.1) is 0 Å². The van der Waals surface area contributed by atoms with Crippen molar-refractivity contribution < 1.29 is 14.7 Å². The number of amides is 2. The Labute approximate surface area is 125 Å². The van der Waals surface area contributed by atoms with Crippen LogP contribution in [0, 0.1) is 0 Å². The van der Waals surface area contributed by atoms with Crippen molar-refractivity contribution in [1.82, 2.24) is 10.6 Å².